The molecular formula is C12H19N3O2S. The fourth-order valence-electron chi connectivity index (χ4n) is 1.80. The lowest BCUT2D eigenvalue weighted by molar-refractivity contribution is 0.581. The fourth-order valence-corrected chi connectivity index (χ4v) is 3.36. The van der Waals surface area contributed by atoms with Crippen molar-refractivity contribution in [2.45, 2.75) is 23.8 Å². The molecule has 1 aromatic carbocycles. The van der Waals surface area contributed by atoms with Crippen molar-refractivity contribution in [1.29, 1.82) is 0 Å². The molecule has 5 nitrogen and oxygen atoms in total. The van der Waals surface area contributed by atoms with Gasteiger partial charge in [-0.05, 0) is 25.0 Å². The first-order valence-corrected chi connectivity index (χ1v) is 7.55. The normalized spacial score (nSPS) is 15.7. The Balaban J connectivity index is 2.31. The van der Waals surface area contributed by atoms with Crippen LogP contribution in [-0.4, -0.2) is 34.6 Å². The average molecular weight is 269 g/mol. The third kappa shape index (κ3) is 3.01. The van der Waals surface area contributed by atoms with Crippen molar-refractivity contribution in [3.05, 3.63) is 24.3 Å². The summed E-state index contributed by atoms with van der Waals surface area (Å²) >= 11 is 0. The van der Waals surface area contributed by atoms with Gasteiger partial charge in [0.2, 0.25) is 10.0 Å². The highest BCUT2D eigenvalue weighted by Crippen LogP contribution is 2.27. The molecule has 0 unspecified atom stereocenters. The molecule has 0 radical (unpaired) electrons. The van der Waals surface area contributed by atoms with E-state index in [1.54, 1.807) is 18.2 Å². The van der Waals surface area contributed by atoms with E-state index in [0.29, 0.717) is 23.7 Å². The van der Waals surface area contributed by atoms with Gasteiger partial charge in [0, 0.05) is 26.2 Å². The molecule has 2 rings (SSSR count). The Morgan fingerprint density at radius 3 is 2.67 bits per heavy atom. The van der Waals surface area contributed by atoms with E-state index >= 15 is 0 Å². The van der Waals surface area contributed by atoms with E-state index in [0.717, 1.165) is 12.8 Å². The molecule has 1 aromatic rings. The van der Waals surface area contributed by atoms with Crippen LogP contribution in [0.1, 0.15) is 12.8 Å². The number of anilines is 1. The van der Waals surface area contributed by atoms with Crippen LogP contribution >= 0.6 is 0 Å². The van der Waals surface area contributed by atoms with Crippen molar-refractivity contribution in [2.75, 3.05) is 25.0 Å². The zero-order valence-corrected chi connectivity index (χ0v) is 11.3. The van der Waals surface area contributed by atoms with Gasteiger partial charge in [-0.15, -0.1) is 0 Å². The molecule has 0 aromatic heterocycles. The minimum atomic E-state index is -3.42. The van der Waals surface area contributed by atoms with Gasteiger partial charge in [0.15, 0.2) is 0 Å². The van der Waals surface area contributed by atoms with Gasteiger partial charge in [0.05, 0.1) is 5.69 Å². The Morgan fingerprint density at radius 1 is 1.39 bits per heavy atom. The maximum Gasteiger partial charge on any atom is 0.242 e. The van der Waals surface area contributed by atoms with Gasteiger partial charge < -0.3 is 10.6 Å². The monoisotopic (exact) mass is 269 g/mol. The van der Waals surface area contributed by atoms with Crippen molar-refractivity contribution in [2.24, 2.45) is 5.73 Å². The molecular weight excluding hydrogens is 250 g/mol. The molecule has 100 valence electrons. The lowest BCUT2D eigenvalue weighted by atomic mass is 10.3. The van der Waals surface area contributed by atoms with Gasteiger partial charge in [-0.25, -0.2) is 13.1 Å². The maximum absolute atomic E-state index is 12.2. The summed E-state index contributed by atoms with van der Waals surface area (Å²) in [6, 6.07) is 7.12. The number of hydrogen-bond acceptors (Lipinski definition) is 4. The molecule has 0 bridgehead atoms. The molecule has 3 N–H and O–H groups in total. The molecule has 18 heavy (non-hydrogen) atoms. The van der Waals surface area contributed by atoms with Crippen LogP contribution in [0.3, 0.4) is 0 Å². The number of benzene rings is 1. The SMILES string of the molecule is CN(CCN)c1ccccc1S(=O)(=O)NC1CC1. The van der Waals surface area contributed by atoms with Crippen LogP contribution in [-0.2, 0) is 10.0 Å². The van der Waals surface area contributed by atoms with E-state index in [9.17, 15) is 8.42 Å². The average Bonchev–Trinajstić information content (AvgIpc) is 3.12. The number of hydrogen-bond donors (Lipinski definition) is 2. The van der Waals surface area contributed by atoms with Gasteiger partial charge in [0.1, 0.15) is 4.90 Å². The first-order valence-electron chi connectivity index (χ1n) is 6.07. The van der Waals surface area contributed by atoms with Crippen LogP contribution in [0.5, 0.6) is 0 Å². The Hall–Kier alpha value is -1.11. The van der Waals surface area contributed by atoms with Gasteiger partial charge in [0.25, 0.3) is 0 Å². The van der Waals surface area contributed by atoms with E-state index in [-0.39, 0.29) is 6.04 Å². The largest absolute Gasteiger partial charge is 0.372 e. The standard InChI is InChI=1S/C12H19N3O2S/c1-15(9-8-13)11-4-2-3-5-12(11)18(16,17)14-10-6-7-10/h2-5,10,14H,6-9,13H2,1H3. The summed E-state index contributed by atoms with van der Waals surface area (Å²) in [5.74, 6) is 0. The summed E-state index contributed by atoms with van der Waals surface area (Å²) in [6.07, 6.45) is 1.86. The van der Waals surface area contributed by atoms with Crippen molar-refractivity contribution in [3.8, 4) is 0 Å². The Morgan fingerprint density at radius 2 is 2.06 bits per heavy atom. The Labute approximate surface area is 108 Å². The number of sulfonamides is 1. The molecule has 0 saturated heterocycles. The van der Waals surface area contributed by atoms with Gasteiger partial charge in [-0.3, -0.25) is 0 Å². The van der Waals surface area contributed by atoms with Crippen molar-refractivity contribution >= 4 is 15.7 Å². The van der Waals surface area contributed by atoms with Crippen molar-refractivity contribution < 1.29 is 8.42 Å². The molecule has 0 atom stereocenters. The minimum absolute atomic E-state index is 0.114. The van der Waals surface area contributed by atoms with Crippen LogP contribution in [0.15, 0.2) is 29.2 Å². The minimum Gasteiger partial charge on any atom is -0.372 e. The molecule has 1 aliphatic carbocycles. The highest BCUT2D eigenvalue weighted by molar-refractivity contribution is 7.89. The van der Waals surface area contributed by atoms with E-state index < -0.39 is 10.0 Å². The zero-order valence-electron chi connectivity index (χ0n) is 10.5. The van der Waals surface area contributed by atoms with E-state index in [1.807, 2.05) is 18.0 Å². The zero-order chi connectivity index (χ0) is 13.2. The van der Waals surface area contributed by atoms with Crippen LogP contribution in [0, 0.1) is 0 Å². The molecule has 1 saturated carbocycles. The van der Waals surface area contributed by atoms with E-state index in [2.05, 4.69) is 4.72 Å². The lowest BCUT2D eigenvalue weighted by Gasteiger charge is -2.21. The van der Waals surface area contributed by atoms with Crippen LogP contribution in [0.4, 0.5) is 5.69 Å². The Kier molecular flexibility index (Phi) is 3.89. The first-order chi connectivity index (χ1) is 8.54. The second kappa shape index (κ2) is 5.26. The third-order valence-electron chi connectivity index (χ3n) is 2.93. The molecule has 6 heteroatoms. The van der Waals surface area contributed by atoms with Crippen LogP contribution in [0.2, 0.25) is 0 Å². The summed E-state index contributed by atoms with van der Waals surface area (Å²) in [5, 5.41) is 0. The lowest BCUT2D eigenvalue weighted by Crippen LogP contribution is -2.30. The highest BCUT2D eigenvalue weighted by atomic mass is 32.2. The van der Waals surface area contributed by atoms with E-state index in [4.69, 9.17) is 5.73 Å². The van der Waals surface area contributed by atoms with E-state index in [1.165, 1.54) is 0 Å². The summed E-state index contributed by atoms with van der Waals surface area (Å²) in [7, 11) is -1.58. The molecule has 0 heterocycles. The summed E-state index contributed by atoms with van der Waals surface area (Å²) in [5.41, 5.74) is 6.20. The summed E-state index contributed by atoms with van der Waals surface area (Å²) in [4.78, 5) is 2.19. The topological polar surface area (TPSA) is 75.4 Å². The van der Waals surface area contributed by atoms with Crippen molar-refractivity contribution in [3.63, 3.8) is 0 Å². The number of rotatable bonds is 6. The van der Waals surface area contributed by atoms with Crippen LogP contribution < -0.4 is 15.4 Å². The Bertz CT molecular complexity index is 512. The van der Waals surface area contributed by atoms with Gasteiger partial charge in [-0.1, -0.05) is 12.1 Å². The van der Waals surface area contributed by atoms with Crippen molar-refractivity contribution in [1.82, 2.24) is 4.72 Å². The second-order valence-corrected chi connectivity index (χ2v) is 6.26. The number of nitrogens with two attached hydrogens (primary N) is 1. The molecule has 0 aliphatic heterocycles. The predicted molar refractivity (Wildman–Crippen MR) is 72.1 cm³/mol. The molecule has 0 spiro atoms. The first kappa shape index (κ1) is 13.3. The third-order valence-corrected chi connectivity index (χ3v) is 4.50. The quantitative estimate of drug-likeness (QED) is 0.789. The highest BCUT2D eigenvalue weighted by Gasteiger charge is 2.29. The number of para-hydroxylation sites is 1. The number of likely N-dealkylation sites (N-methyl/N-ethyl adjacent to an activating group) is 1. The van der Waals surface area contributed by atoms with Gasteiger partial charge in [-0.2, -0.15) is 0 Å². The number of nitrogens with one attached hydrogen (secondary N) is 1. The fraction of sp³-hybridized carbons (Fsp3) is 0.500. The smallest absolute Gasteiger partial charge is 0.242 e. The summed E-state index contributed by atoms with van der Waals surface area (Å²) in [6.45, 7) is 1.11. The maximum atomic E-state index is 12.2. The number of nitrogens with zero attached hydrogens (tertiary/aromatic N) is 1. The predicted octanol–water partition coefficient (Wildman–Crippen LogP) is 0.522. The van der Waals surface area contributed by atoms with Crippen LogP contribution in [0.25, 0.3) is 0 Å². The summed E-state index contributed by atoms with van der Waals surface area (Å²) < 4.78 is 27.2. The molecule has 1 aliphatic rings. The van der Waals surface area contributed by atoms with Gasteiger partial charge >= 0.3 is 0 Å². The second-order valence-electron chi connectivity index (χ2n) is 4.57. The molecule has 1 fully saturated rings. The molecule has 0 amide bonds.